The number of alkyl halides is 4. The van der Waals surface area contributed by atoms with Crippen molar-refractivity contribution in [3.63, 3.8) is 0 Å². The Labute approximate surface area is 251 Å². The number of hydrogen-bond donors (Lipinski definition) is 0. The van der Waals surface area contributed by atoms with Gasteiger partial charge in [-0.1, -0.05) is 82.8 Å². The van der Waals surface area contributed by atoms with Crippen molar-refractivity contribution in [2.45, 2.75) is 39.6 Å². The Bertz CT molecular complexity index is 803. The number of ether oxygens (including phenoxy) is 2. The van der Waals surface area contributed by atoms with Crippen LogP contribution in [0.3, 0.4) is 0 Å². The zero-order valence-corrected chi connectivity index (χ0v) is 29.1. The van der Waals surface area contributed by atoms with Crippen LogP contribution >= 0.6 is 127 Å². The summed E-state index contributed by atoms with van der Waals surface area (Å²) >= 11 is 28.8. The maximum Gasteiger partial charge on any atom is 0.138 e. The molecular weight excluding hydrogens is 923 g/mol. The predicted molar refractivity (Wildman–Crippen MR) is 159 cm³/mol. The first-order valence-electron chi connectivity index (χ1n) is 9.44. The van der Waals surface area contributed by atoms with Crippen LogP contribution in [0.15, 0.2) is 42.2 Å². The highest BCUT2D eigenvalue weighted by atomic mass is 79.9. The molecule has 10 heteroatoms. The van der Waals surface area contributed by atoms with Crippen molar-refractivity contribution >= 4 is 127 Å². The van der Waals surface area contributed by atoms with Crippen LogP contribution in [0, 0.1) is 0 Å². The average molecular weight is 944 g/mol. The quantitative estimate of drug-likeness (QED) is 0.209. The normalized spacial score (nSPS) is 11.6. The molecule has 0 aliphatic carbocycles. The summed E-state index contributed by atoms with van der Waals surface area (Å²) in [4.78, 5) is 0. The zero-order chi connectivity index (χ0) is 23.1. The van der Waals surface area contributed by atoms with Gasteiger partial charge in [-0.25, -0.2) is 0 Å². The molecule has 0 N–H and O–H groups in total. The molecule has 0 saturated heterocycles. The molecule has 172 valence electrons. The molecule has 2 aromatic carbocycles. The molecule has 0 aliphatic rings. The van der Waals surface area contributed by atoms with Gasteiger partial charge in [-0.15, -0.1) is 0 Å². The van der Waals surface area contributed by atoms with Gasteiger partial charge in [-0.05, 0) is 82.3 Å². The third-order valence-electron chi connectivity index (χ3n) is 4.48. The van der Waals surface area contributed by atoms with E-state index in [1.165, 1.54) is 0 Å². The fourth-order valence-corrected chi connectivity index (χ4v) is 5.37. The molecular formula is C21H20Br8O2. The number of benzene rings is 2. The maximum atomic E-state index is 6.26. The highest BCUT2D eigenvalue weighted by molar-refractivity contribution is 9.25. The Kier molecular flexibility index (Phi) is 13.6. The topological polar surface area (TPSA) is 18.5 Å². The minimum atomic E-state index is 0.103. The van der Waals surface area contributed by atoms with Gasteiger partial charge in [-0.3, -0.25) is 0 Å². The van der Waals surface area contributed by atoms with E-state index >= 15 is 0 Å². The van der Waals surface area contributed by atoms with Gasteiger partial charge in [0.1, 0.15) is 11.5 Å². The van der Waals surface area contributed by atoms with Crippen molar-refractivity contribution in [2.75, 3.05) is 13.2 Å². The second-order valence-corrected chi connectivity index (χ2v) is 16.8. The van der Waals surface area contributed by atoms with Gasteiger partial charge in [0.15, 0.2) is 0 Å². The fourth-order valence-electron chi connectivity index (χ4n) is 3.04. The van der Waals surface area contributed by atoms with Gasteiger partial charge in [0.25, 0.3) is 0 Å². The van der Waals surface area contributed by atoms with E-state index in [1.54, 1.807) is 0 Å². The summed E-state index contributed by atoms with van der Waals surface area (Å²) in [5.41, 5.74) is 2.24. The summed E-state index contributed by atoms with van der Waals surface area (Å²) < 4.78 is 16.7. The molecule has 31 heavy (non-hydrogen) atoms. The number of rotatable bonds is 11. The molecule has 0 fully saturated rings. The molecule has 2 rings (SSSR count). The molecule has 0 aliphatic heterocycles. The Balaban J connectivity index is 2.50. The van der Waals surface area contributed by atoms with Gasteiger partial charge >= 0.3 is 0 Å². The Morgan fingerprint density at radius 3 is 1.39 bits per heavy atom. The summed E-state index contributed by atoms with van der Waals surface area (Å²) in [6, 6.07) is 8.37. The van der Waals surface area contributed by atoms with Crippen LogP contribution in [0.5, 0.6) is 11.5 Å². The van der Waals surface area contributed by atoms with Crippen molar-refractivity contribution in [3.05, 3.63) is 53.3 Å². The smallest absolute Gasteiger partial charge is 0.138 e. The minimum absolute atomic E-state index is 0.103. The lowest BCUT2D eigenvalue weighted by Gasteiger charge is -2.25. The standard InChI is InChI=1S/C21H20Br8O2/c1-2-11(12-3-5-14(22)18(28)20(12)30-9-7-16(24)25)13-4-6-15(23)19(29)21(13)31-10-8-17(26)27/h3-6,11,16-17H,2,7-10H2,1H3. The molecule has 0 saturated carbocycles. The lowest BCUT2D eigenvalue weighted by Crippen LogP contribution is -2.10. The molecule has 0 amide bonds. The van der Waals surface area contributed by atoms with E-state index in [0.29, 0.717) is 13.2 Å². The lowest BCUT2D eigenvalue weighted by atomic mass is 9.88. The van der Waals surface area contributed by atoms with Crippen LogP contribution in [0.25, 0.3) is 0 Å². The highest BCUT2D eigenvalue weighted by Crippen LogP contribution is 2.47. The minimum Gasteiger partial charge on any atom is -0.492 e. The first-order valence-corrected chi connectivity index (χ1v) is 16.3. The highest BCUT2D eigenvalue weighted by Gasteiger charge is 2.25. The number of halogens is 8. The molecule has 0 radical (unpaired) electrons. The second-order valence-electron chi connectivity index (χ2n) is 6.58. The summed E-state index contributed by atoms with van der Waals surface area (Å²) in [6.07, 6.45) is 2.58. The SMILES string of the molecule is CCC(c1ccc(Br)c(Br)c1OCCC(Br)Br)c1ccc(Br)c(Br)c1OCCC(Br)Br. The lowest BCUT2D eigenvalue weighted by molar-refractivity contribution is 0.305. The van der Waals surface area contributed by atoms with Crippen molar-refractivity contribution in [3.8, 4) is 11.5 Å². The van der Waals surface area contributed by atoms with E-state index < -0.39 is 0 Å². The predicted octanol–water partition coefficient (Wildman–Crippen LogP) is 11.0. The van der Waals surface area contributed by atoms with E-state index in [1.807, 2.05) is 0 Å². The van der Waals surface area contributed by atoms with E-state index in [9.17, 15) is 0 Å². The van der Waals surface area contributed by atoms with E-state index in [4.69, 9.17) is 9.47 Å². The average Bonchev–Trinajstić information content (AvgIpc) is 2.71. The largest absolute Gasteiger partial charge is 0.492 e. The molecule has 0 aromatic heterocycles. The van der Waals surface area contributed by atoms with Gasteiger partial charge < -0.3 is 9.47 Å². The summed E-state index contributed by atoms with van der Waals surface area (Å²) in [7, 11) is 0. The van der Waals surface area contributed by atoms with E-state index in [0.717, 1.165) is 59.8 Å². The van der Waals surface area contributed by atoms with Crippen molar-refractivity contribution in [1.82, 2.24) is 0 Å². The Morgan fingerprint density at radius 1 is 0.677 bits per heavy atom. The molecule has 0 spiro atoms. The van der Waals surface area contributed by atoms with Crippen LogP contribution in [-0.2, 0) is 0 Å². The van der Waals surface area contributed by atoms with Crippen LogP contribution in [0.2, 0.25) is 0 Å². The Morgan fingerprint density at radius 2 is 1.06 bits per heavy atom. The summed E-state index contributed by atoms with van der Waals surface area (Å²) in [6.45, 7) is 3.36. The first kappa shape index (κ1) is 29.1. The monoisotopic (exact) mass is 935 g/mol. The van der Waals surface area contributed by atoms with Gasteiger partial charge in [0, 0.05) is 38.8 Å². The summed E-state index contributed by atoms with van der Waals surface area (Å²) in [5.74, 6) is 1.81. The van der Waals surface area contributed by atoms with E-state index in [2.05, 4.69) is 159 Å². The fraction of sp³-hybridized carbons (Fsp3) is 0.429. The van der Waals surface area contributed by atoms with Crippen molar-refractivity contribution in [1.29, 1.82) is 0 Å². The van der Waals surface area contributed by atoms with Gasteiger partial charge in [0.2, 0.25) is 0 Å². The molecule has 2 aromatic rings. The third kappa shape index (κ3) is 8.50. The van der Waals surface area contributed by atoms with Gasteiger partial charge in [-0.2, -0.15) is 0 Å². The van der Waals surface area contributed by atoms with Crippen molar-refractivity contribution < 1.29 is 9.47 Å². The number of hydrogen-bond acceptors (Lipinski definition) is 2. The summed E-state index contributed by atoms with van der Waals surface area (Å²) in [5, 5.41) is 0. The first-order chi connectivity index (χ1) is 14.7. The Hall–Kier alpha value is 1.88. The maximum absolute atomic E-state index is 6.26. The molecule has 0 unspecified atom stereocenters. The van der Waals surface area contributed by atoms with Crippen molar-refractivity contribution in [2.24, 2.45) is 0 Å². The second kappa shape index (κ2) is 14.4. The van der Waals surface area contributed by atoms with Gasteiger partial charge in [0.05, 0.1) is 29.6 Å². The molecule has 0 bridgehead atoms. The molecule has 0 heterocycles. The van der Waals surface area contributed by atoms with Crippen LogP contribution in [0.1, 0.15) is 43.2 Å². The molecule has 0 atom stereocenters. The van der Waals surface area contributed by atoms with Crippen LogP contribution < -0.4 is 9.47 Å². The van der Waals surface area contributed by atoms with Crippen LogP contribution in [0.4, 0.5) is 0 Å². The van der Waals surface area contributed by atoms with E-state index in [-0.39, 0.29) is 13.4 Å². The molecule has 2 nitrogen and oxygen atoms in total. The third-order valence-corrected chi connectivity index (χ3v) is 10.3. The van der Waals surface area contributed by atoms with Crippen LogP contribution in [-0.4, -0.2) is 20.7 Å². The zero-order valence-electron chi connectivity index (χ0n) is 16.4.